The molecule has 21 heavy (non-hydrogen) atoms. The van der Waals surface area contributed by atoms with Crippen LogP contribution in [0.15, 0.2) is 24.5 Å². The molecule has 0 unspecified atom stereocenters. The van der Waals surface area contributed by atoms with Crippen molar-refractivity contribution in [1.29, 1.82) is 0 Å². The lowest BCUT2D eigenvalue weighted by Gasteiger charge is -2.13. The van der Waals surface area contributed by atoms with Crippen molar-refractivity contribution in [2.75, 3.05) is 0 Å². The number of alkyl halides is 3. The predicted molar refractivity (Wildman–Crippen MR) is 67.6 cm³/mol. The number of halogens is 4. The Morgan fingerprint density at radius 2 is 2.00 bits per heavy atom. The molecule has 1 heterocycles. The van der Waals surface area contributed by atoms with E-state index in [-0.39, 0.29) is 18.7 Å². The van der Waals surface area contributed by atoms with E-state index in [9.17, 15) is 17.6 Å². The summed E-state index contributed by atoms with van der Waals surface area (Å²) < 4.78 is 53.2. The van der Waals surface area contributed by atoms with Crippen LogP contribution in [0.2, 0.25) is 0 Å². The van der Waals surface area contributed by atoms with Crippen molar-refractivity contribution in [3.8, 4) is 0 Å². The second kappa shape index (κ2) is 6.21. The van der Waals surface area contributed by atoms with Gasteiger partial charge in [-0.15, -0.1) is 10.2 Å². The van der Waals surface area contributed by atoms with Crippen molar-refractivity contribution in [2.24, 2.45) is 0 Å². The number of aryl methyl sites for hydroxylation is 1. The number of hydrogen-bond acceptors (Lipinski definition) is 3. The Kier molecular flexibility index (Phi) is 4.56. The highest BCUT2D eigenvalue weighted by Crippen LogP contribution is 2.32. The van der Waals surface area contributed by atoms with Crippen LogP contribution in [0, 0.1) is 5.82 Å². The third kappa shape index (κ3) is 3.78. The van der Waals surface area contributed by atoms with E-state index in [1.165, 1.54) is 0 Å². The summed E-state index contributed by atoms with van der Waals surface area (Å²) in [4.78, 5) is 0. The van der Waals surface area contributed by atoms with Crippen molar-refractivity contribution in [3.63, 3.8) is 0 Å². The lowest BCUT2D eigenvalue weighted by atomic mass is 10.1. The number of hydrogen-bond donors (Lipinski definition) is 1. The number of nitrogens with zero attached hydrogens (tertiary/aromatic N) is 3. The number of nitrogens with one attached hydrogen (secondary N) is 1. The van der Waals surface area contributed by atoms with E-state index < -0.39 is 17.6 Å². The summed E-state index contributed by atoms with van der Waals surface area (Å²) >= 11 is 0. The van der Waals surface area contributed by atoms with Crippen LogP contribution < -0.4 is 5.32 Å². The Morgan fingerprint density at radius 1 is 1.24 bits per heavy atom. The van der Waals surface area contributed by atoms with Gasteiger partial charge in [0.1, 0.15) is 18.0 Å². The van der Waals surface area contributed by atoms with Gasteiger partial charge in [-0.3, -0.25) is 0 Å². The van der Waals surface area contributed by atoms with E-state index in [2.05, 4.69) is 15.5 Å². The van der Waals surface area contributed by atoms with Gasteiger partial charge in [0.2, 0.25) is 0 Å². The quantitative estimate of drug-likeness (QED) is 0.864. The van der Waals surface area contributed by atoms with Crippen molar-refractivity contribution in [3.05, 3.63) is 47.3 Å². The molecule has 2 rings (SSSR count). The van der Waals surface area contributed by atoms with Crippen LogP contribution in [0.25, 0.3) is 0 Å². The van der Waals surface area contributed by atoms with Crippen molar-refractivity contribution < 1.29 is 17.6 Å². The monoisotopic (exact) mass is 302 g/mol. The van der Waals surface area contributed by atoms with Crippen LogP contribution in [-0.4, -0.2) is 14.8 Å². The van der Waals surface area contributed by atoms with E-state index in [1.54, 1.807) is 10.9 Å². The molecule has 0 fully saturated rings. The Balaban J connectivity index is 2.07. The van der Waals surface area contributed by atoms with Crippen LogP contribution >= 0.6 is 0 Å². The fourth-order valence-corrected chi connectivity index (χ4v) is 1.96. The van der Waals surface area contributed by atoms with Crippen LogP contribution in [-0.2, 0) is 25.8 Å². The molecule has 1 aromatic heterocycles. The summed E-state index contributed by atoms with van der Waals surface area (Å²) in [6, 6.07) is 2.65. The van der Waals surface area contributed by atoms with Crippen LogP contribution in [0.1, 0.15) is 23.9 Å². The first-order valence-electron chi connectivity index (χ1n) is 6.35. The molecule has 1 N–H and O–H groups in total. The molecule has 0 radical (unpaired) electrons. The van der Waals surface area contributed by atoms with E-state index >= 15 is 0 Å². The van der Waals surface area contributed by atoms with Gasteiger partial charge in [0.05, 0.1) is 12.1 Å². The SMILES string of the molecule is CCn1cnnc1CNCc1ccc(F)cc1C(F)(F)F. The van der Waals surface area contributed by atoms with Crippen molar-refractivity contribution >= 4 is 0 Å². The normalized spacial score (nSPS) is 11.9. The maximum Gasteiger partial charge on any atom is 0.416 e. The topological polar surface area (TPSA) is 42.7 Å². The highest BCUT2D eigenvalue weighted by atomic mass is 19.4. The Bertz CT molecular complexity index is 606. The molecule has 0 amide bonds. The Morgan fingerprint density at radius 3 is 2.67 bits per heavy atom. The first-order valence-corrected chi connectivity index (χ1v) is 6.35. The second-order valence-corrected chi connectivity index (χ2v) is 4.44. The minimum Gasteiger partial charge on any atom is -0.317 e. The molecule has 114 valence electrons. The summed E-state index contributed by atoms with van der Waals surface area (Å²) in [5, 5.41) is 10.5. The van der Waals surface area contributed by atoms with Gasteiger partial charge in [0, 0.05) is 13.1 Å². The molecule has 0 aliphatic carbocycles. The van der Waals surface area contributed by atoms with Crippen LogP contribution in [0.4, 0.5) is 17.6 Å². The fourth-order valence-electron chi connectivity index (χ4n) is 1.96. The maximum atomic E-state index is 13.0. The summed E-state index contributed by atoms with van der Waals surface area (Å²) in [7, 11) is 0. The van der Waals surface area contributed by atoms with Gasteiger partial charge in [-0.2, -0.15) is 13.2 Å². The summed E-state index contributed by atoms with van der Waals surface area (Å²) in [6.07, 6.45) is -3.03. The Hall–Kier alpha value is -1.96. The minimum atomic E-state index is -4.58. The number of benzene rings is 1. The molecule has 0 aliphatic heterocycles. The lowest BCUT2D eigenvalue weighted by Crippen LogP contribution is -2.19. The first-order chi connectivity index (χ1) is 9.91. The molecular weight excluding hydrogens is 288 g/mol. The minimum absolute atomic E-state index is 0.00790. The summed E-state index contributed by atoms with van der Waals surface area (Å²) in [5.74, 6) is -0.273. The fraction of sp³-hybridized carbons (Fsp3) is 0.385. The van der Waals surface area contributed by atoms with Gasteiger partial charge in [-0.25, -0.2) is 4.39 Å². The highest BCUT2D eigenvalue weighted by molar-refractivity contribution is 5.30. The summed E-state index contributed by atoms with van der Waals surface area (Å²) in [6.45, 7) is 2.83. The molecule has 0 aliphatic rings. The smallest absolute Gasteiger partial charge is 0.317 e. The van der Waals surface area contributed by atoms with Crippen LogP contribution in [0.5, 0.6) is 0 Å². The zero-order chi connectivity index (χ0) is 15.5. The second-order valence-electron chi connectivity index (χ2n) is 4.44. The van der Waals surface area contributed by atoms with Gasteiger partial charge in [-0.1, -0.05) is 6.07 Å². The lowest BCUT2D eigenvalue weighted by molar-refractivity contribution is -0.138. The molecule has 1 aromatic carbocycles. The molecule has 0 saturated carbocycles. The molecule has 0 spiro atoms. The third-order valence-electron chi connectivity index (χ3n) is 3.01. The largest absolute Gasteiger partial charge is 0.416 e. The van der Waals surface area contributed by atoms with E-state index in [0.29, 0.717) is 18.4 Å². The predicted octanol–water partition coefficient (Wildman–Crippen LogP) is 2.75. The maximum absolute atomic E-state index is 13.0. The van der Waals surface area contributed by atoms with E-state index in [0.717, 1.165) is 12.1 Å². The zero-order valence-corrected chi connectivity index (χ0v) is 11.3. The number of rotatable bonds is 5. The average Bonchev–Trinajstić information content (AvgIpc) is 2.86. The van der Waals surface area contributed by atoms with Crippen molar-refractivity contribution in [1.82, 2.24) is 20.1 Å². The Labute approximate surface area is 118 Å². The van der Waals surface area contributed by atoms with Gasteiger partial charge in [0.25, 0.3) is 0 Å². The van der Waals surface area contributed by atoms with Crippen LogP contribution in [0.3, 0.4) is 0 Å². The standard InChI is InChI=1S/C13H14F4N4/c1-2-21-8-19-20-12(21)7-18-6-9-3-4-10(14)5-11(9)13(15,16)17/h3-5,8,18H,2,6-7H2,1H3. The first kappa shape index (κ1) is 15.4. The summed E-state index contributed by atoms with van der Waals surface area (Å²) in [5.41, 5.74) is -0.974. The van der Waals surface area contributed by atoms with Gasteiger partial charge < -0.3 is 9.88 Å². The van der Waals surface area contributed by atoms with Gasteiger partial charge >= 0.3 is 6.18 Å². The molecule has 0 bridgehead atoms. The van der Waals surface area contributed by atoms with E-state index in [1.807, 2.05) is 6.92 Å². The third-order valence-corrected chi connectivity index (χ3v) is 3.01. The average molecular weight is 302 g/mol. The molecule has 0 atom stereocenters. The number of aromatic nitrogens is 3. The molecular formula is C13H14F4N4. The highest BCUT2D eigenvalue weighted by Gasteiger charge is 2.33. The van der Waals surface area contributed by atoms with Gasteiger partial charge in [-0.05, 0) is 24.6 Å². The zero-order valence-electron chi connectivity index (χ0n) is 11.3. The molecule has 4 nitrogen and oxygen atoms in total. The molecule has 2 aromatic rings. The molecule has 0 saturated heterocycles. The van der Waals surface area contributed by atoms with Crippen molar-refractivity contribution in [2.45, 2.75) is 32.7 Å². The van der Waals surface area contributed by atoms with Gasteiger partial charge in [0.15, 0.2) is 0 Å². The molecule has 8 heteroatoms. The van der Waals surface area contributed by atoms with E-state index in [4.69, 9.17) is 0 Å².